The van der Waals surface area contributed by atoms with E-state index in [0.717, 1.165) is 48.1 Å². The summed E-state index contributed by atoms with van der Waals surface area (Å²) in [5.41, 5.74) is 2.28. The summed E-state index contributed by atoms with van der Waals surface area (Å²) in [4.78, 5) is 4.82. The lowest BCUT2D eigenvalue weighted by molar-refractivity contribution is 0.194. The monoisotopic (exact) mass is 369 g/mol. The van der Waals surface area contributed by atoms with Crippen molar-refractivity contribution in [2.75, 3.05) is 31.1 Å². The molecule has 1 aliphatic rings. The number of hydrogen-bond acceptors (Lipinski definition) is 5. The molecule has 1 aromatic carbocycles. The smallest absolute Gasteiger partial charge is 0.199 e. The Kier molecular flexibility index (Phi) is 4.65. The normalized spacial score (nSPS) is 15.5. The van der Waals surface area contributed by atoms with Gasteiger partial charge in [0.05, 0.1) is 18.5 Å². The van der Waals surface area contributed by atoms with Crippen LogP contribution in [0.15, 0.2) is 47.1 Å². The third-order valence-electron chi connectivity index (χ3n) is 4.97. The predicted molar refractivity (Wildman–Crippen MR) is 105 cm³/mol. The van der Waals surface area contributed by atoms with Gasteiger partial charge >= 0.3 is 0 Å². The summed E-state index contributed by atoms with van der Waals surface area (Å²) in [5, 5.41) is 4.74. The highest BCUT2D eigenvalue weighted by atomic mass is 32.1. The molecule has 4 rings (SSSR count). The first-order chi connectivity index (χ1) is 12.6. The van der Waals surface area contributed by atoms with E-state index in [1.165, 1.54) is 5.69 Å². The molecule has 0 spiro atoms. The fraction of sp³-hybridized carbons (Fsp3) is 0.368. The van der Waals surface area contributed by atoms with Gasteiger partial charge in [-0.1, -0.05) is 18.2 Å². The van der Waals surface area contributed by atoms with Gasteiger partial charge in [-0.15, -0.1) is 0 Å². The summed E-state index contributed by atoms with van der Waals surface area (Å²) >= 11 is 5.60. The molecule has 0 N–H and O–H groups in total. The van der Waals surface area contributed by atoms with Gasteiger partial charge in [-0.3, -0.25) is 4.90 Å². The number of aromatic nitrogens is 3. The van der Waals surface area contributed by atoms with Gasteiger partial charge in [-0.05, 0) is 37.3 Å². The van der Waals surface area contributed by atoms with E-state index in [4.69, 9.17) is 21.7 Å². The molecule has 0 bridgehead atoms. The van der Waals surface area contributed by atoms with Gasteiger partial charge in [0.1, 0.15) is 5.76 Å². The van der Waals surface area contributed by atoms with Crippen LogP contribution in [0.2, 0.25) is 0 Å². The van der Waals surface area contributed by atoms with E-state index in [1.807, 2.05) is 29.3 Å². The van der Waals surface area contributed by atoms with Gasteiger partial charge in [-0.2, -0.15) is 5.10 Å². The van der Waals surface area contributed by atoms with Gasteiger partial charge in [0.25, 0.3) is 0 Å². The van der Waals surface area contributed by atoms with E-state index in [2.05, 4.69) is 40.1 Å². The number of rotatable bonds is 4. The van der Waals surface area contributed by atoms with Gasteiger partial charge < -0.3 is 13.9 Å². The standard InChI is InChI=1S/C19H23N5OS/c1-15-17(8-13-25-15)18-20-24(19(26)21(18)2)14-22-9-11-23(12-10-22)16-6-4-3-5-7-16/h3-8,13H,9-12,14H2,1-2H3. The molecule has 6 nitrogen and oxygen atoms in total. The van der Waals surface area contributed by atoms with Crippen molar-refractivity contribution in [3.05, 3.63) is 53.2 Å². The van der Waals surface area contributed by atoms with E-state index in [1.54, 1.807) is 6.26 Å². The van der Waals surface area contributed by atoms with Crippen LogP contribution < -0.4 is 4.90 Å². The second-order valence-corrected chi connectivity index (χ2v) is 7.00. The van der Waals surface area contributed by atoms with Crippen LogP contribution in [0.3, 0.4) is 0 Å². The van der Waals surface area contributed by atoms with E-state index < -0.39 is 0 Å². The molecule has 1 fully saturated rings. The molecule has 0 aliphatic carbocycles. The maximum Gasteiger partial charge on any atom is 0.199 e. The zero-order valence-electron chi connectivity index (χ0n) is 15.1. The summed E-state index contributed by atoms with van der Waals surface area (Å²) < 4.78 is 10.0. The van der Waals surface area contributed by atoms with Crippen molar-refractivity contribution < 1.29 is 4.42 Å². The van der Waals surface area contributed by atoms with Crippen molar-refractivity contribution in [3.63, 3.8) is 0 Å². The highest BCUT2D eigenvalue weighted by molar-refractivity contribution is 7.71. The van der Waals surface area contributed by atoms with Crippen LogP contribution in [-0.2, 0) is 13.7 Å². The second kappa shape index (κ2) is 7.09. The van der Waals surface area contributed by atoms with Crippen molar-refractivity contribution in [2.24, 2.45) is 7.05 Å². The molecule has 7 heteroatoms. The molecule has 0 unspecified atom stereocenters. The number of nitrogens with zero attached hydrogens (tertiary/aromatic N) is 5. The predicted octanol–water partition coefficient (Wildman–Crippen LogP) is 3.30. The number of para-hydroxylation sites is 1. The minimum atomic E-state index is 0.714. The zero-order valence-corrected chi connectivity index (χ0v) is 15.9. The molecular weight excluding hydrogens is 346 g/mol. The number of piperazine rings is 1. The Balaban J connectivity index is 1.46. The molecule has 136 valence electrons. The summed E-state index contributed by atoms with van der Waals surface area (Å²) in [7, 11) is 1.96. The van der Waals surface area contributed by atoms with Crippen molar-refractivity contribution in [1.82, 2.24) is 19.2 Å². The fourth-order valence-electron chi connectivity index (χ4n) is 3.41. The van der Waals surface area contributed by atoms with Gasteiger partial charge in [0.15, 0.2) is 10.6 Å². The molecular formula is C19H23N5OS. The Morgan fingerprint density at radius 1 is 1.08 bits per heavy atom. The quantitative estimate of drug-likeness (QED) is 0.660. The van der Waals surface area contributed by atoms with Gasteiger partial charge in [0.2, 0.25) is 0 Å². The Bertz CT molecular complexity index is 934. The topological polar surface area (TPSA) is 42.4 Å². The largest absolute Gasteiger partial charge is 0.469 e. The zero-order chi connectivity index (χ0) is 18.1. The number of furan rings is 1. The minimum Gasteiger partial charge on any atom is -0.469 e. The van der Waals surface area contributed by atoms with Crippen molar-refractivity contribution in [3.8, 4) is 11.4 Å². The molecule has 0 radical (unpaired) electrons. The second-order valence-electron chi connectivity index (χ2n) is 6.64. The van der Waals surface area contributed by atoms with Crippen LogP contribution in [0.5, 0.6) is 0 Å². The molecule has 0 atom stereocenters. The molecule has 2 aromatic heterocycles. The molecule has 0 saturated carbocycles. The van der Waals surface area contributed by atoms with Crippen LogP contribution in [0.25, 0.3) is 11.4 Å². The van der Waals surface area contributed by atoms with Crippen molar-refractivity contribution >= 4 is 17.9 Å². The minimum absolute atomic E-state index is 0.714. The third kappa shape index (κ3) is 3.20. The number of hydrogen-bond donors (Lipinski definition) is 0. The lowest BCUT2D eigenvalue weighted by Crippen LogP contribution is -2.47. The first-order valence-electron chi connectivity index (χ1n) is 8.84. The van der Waals surface area contributed by atoms with E-state index >= 15 is 0 Å². The molecule has 3 heterocycles. The van der Waals surface area contributed by atoms with Crippen LogP contribution in [0.4, 0.5) is 5.69 Å². The average Bonchev–Trinajstić information content (AvgIpc) is 3.21. The Hall–Kier alpha value is -2.38. The van der Waals surface area contributed by atoms with E-state index in [0.29, 0.717) is 6.67 Å². The van der Waals surface area contributed by atoms with E-state index in [9.17, 15) is 0 Å². The maximum absolute atomic E-state index is 5.60. The lowest BCUT2D eigenvalue weighted by Gasteiger charge is -2.35. The van der Waals surface area contributed by atoms with Crippen LogP contribution in [-0.4, -0.2) is 45.4 Å². The van der Waals surface area contributed by atoms with Crippen LogP contribution in [0, 0.1) is 11.7 Å². The Labute approximate surface area is 158 Å². The van der Waals surface area contributed by atoms with Gasteiger partial charge in [0, 0.05) is 38.9 Å². The molecule has 0 amide bonds. The highest BCUT2D eigenvalue weighted by Crippen LogP contribution is 2.23. The number of benzene rings is 1. The first kappa shape index (κ1) is 17.1. The number of aryl methyl sites for hydroxylation is 1. The molecule has 26 heavy (non-hydrogen) atoms. The molecule has 3 aromatic rings. The fourth-order valence-corrected chi connectivity index (χ4v) is 3.59. The van der Waals surface area contributed by atoms with Gasteiger partial charge in [-0.25, -0.2) is 4.68 Å². The SMILES string of the molecule is Cc1occc1-c1nn(CN2CCN(c3ccccc3)CC2)c(=S)n1C. The summed E-state index contributed by atoms with van der Waals surface area (Å²) in [6.45, 7) is 6.67. The lowest BCUT2D eigenvalue weighted by atomic mass is 10.2. The summed E-state index contributed by atoms with van der Waals surface area (Å²) in [5.74, 6) is 1.71. The van der Waals surface area contributed by atoms with Crippen LogP contribution >= 0.6 is 12.2 Å². The Morgan fingerprint density at radius 3 is 2.46 bits per heavy atom. The number of anilines is 1. The first-order valence-corrected chi connectivity index (χ1v) is 9.25. The van der Waals surface area contributed by atoms with Crippen molar-refractivity contribution in [2.45, 2.75) is 13.6 Å². The third-order valence-corrected chi connectivity index (χ3v) is 5.45. The van der Waals surface area contributed by atoms with Crippen molar-refractivity contribution in [1.29, 1.82) is 0 Å². The highest BCUT2D eigenvalue weighted by Gasteiger charge is 2.19. The maximum atomic E-state index is 5.60. The molecule has 1 saturated heterocycles. The van der Waals surface area contributed by atoms with Crippen LogP contribution in [0.1, 0.15) is 5.76 Å². The Morgan fingerprint density at radius 2 is 1.81 bits per heavy atom. The summed E-state index contributed by atoms with van der Waals surface area (Å²) in [6, 6.07) is 12.5. The molecule has 1 aliphatic heterocycles. The summed E-state index contributed by atoms with van der Waals surface area (Å²) in [6.07, 6.45) is 1.69. The average molecular weight is 369 g/mol. The van der Waals surface area contributed by atoms with E-state index in [-0.39, 0.29) is 0 Å².